The van der Waals surface area contributed by atoms with E-state index in [1.807, 2.05) is 25.1 Å². The smallest absolute Gasteiger partial charge is 0.259 e. The molecule has 0 aromatic heterocycles. The van der Waals surface area contributed by atoms with Gasteiger partial charge in [-0.15, -0.1) is 0 Å². The van der Waals surface area contributed by atoms with Crippen molar-refractivity contribution in [3.63, 3.8) is 0 Å². The fourth-order valence-electron chi connectivity index (χ4n) is 1.76. The molecule has 0 aliphatic rings. The Bertz CT molecular complexity index is 611. The van der Waals surface area contributed by atoms with E-state index in [4.69, 9.17) is 4.74 Å². The molecular formula is C15H14FNO2. The Balaban J connectivity index is 2.30. The number of nitrogens with one attached hydrogen (secondary N) is 1. The SMILES string of the molecule is COc1ccc(F)cc1C(=O)Nc1ccccc1C. The molecule has 0 bridgehead atoms. The Morgan fingerprint density at radius 2 is 1.95 bits per heavy atom. The zero-order valence-electron chi connectivity index (χ0n) is 10.7. The average molecular weight is 259 g/mol. The minimum absolute atomic E-state index is 0.172. The summed E-state index contributed by atoms with van der Waals surface area (Å²) in [6, 6.07) is 11.2. The molecule has 2 rings (SSSR count). The summed E-state index contributed by atoms with van der Waals surface area (Å²) in [5.74, 6) is -0.533. The summed E-state index contributed by atoms with van der Waals surface area (Å²) in [4.78, 5) is 12.1. The molecule has 0 heterocycles. The zero-order chi connectivity index (χ0) is 13.8. The second-order valence-corrected chi connectivity index (χ2v) is 4.11. The van der Waals surface area contributed by atoms with Crippen LogP contribution in [0.2, 0.25) is 0 Å². The minimum Gasteiger partial charge on any atom is -0.496 e. The molecule has 0 atom stereocenters. The normalized spacial score (nSPS) is 10.1. The van der Waals surface area contributed by atoms with Crippen LogP contribution in [0.4, 0.5) is 10.1 Å². The molecule has 0 radical (unpaired) electrons. The van der Waals surface area contributed by atoms with Crippen molar-refractivity contribution in [2.24, 2.45) is 0 Å². The van der Waals surface area contributed by atoms with Crippen molar-refractivity contribution in [3.05, 3.63) is 59.4 Å². The Morgan fingerprint density at radius 1 is 1.21 bits per heavy atom. The maximum Gasteiger partial charge on any atom is 0.259 e. The molecule has 0 saturated heterocycles. The zero-order valence-corrected chi connectivity index (χ0v) is 10.7. The fourth-order valence-corrected chi connectivity index (χ4v) is 1.76. The number of anilines is 1. The van der Waals surface area contributed by atoms with Gasteiger partial charge in [0.15, 0.2) is 0 Å². The number of halogens is 1. The monoisotopic (exact) mass is 259 g/mol. The molecule has 0 saturated carbocycles. The van der Waals surface area contributed by atoms with Crippen molar-refractivity contribution in [1.82, 2.24) is 0 Å². The largest absolute Gasteiger partial charge is 0.496 e. The maximum atomic E-state index is 13.2. The van der Waals surface area contributed by atoms with Gasteiger partial charge in [-0.05, 0) is 36.8 Å². The lowest BCUT2D eigenvalue weighted by molar-refractivity contribution is 0.102. The molecule has 0 unspecified atom stereocenters. The van der Waals surface area contributed by atoms with Crippen molar-refractivity contribution in [2.45, 2.75) is 6.92 Å². The summed E-state index contributed by atoms with van der Waals surface area (Å²) in [5.41, 5.74) is 1.80. The lowest BCUT2D eigenvalue weighted by Crippen LogP contribution is -2.14. The number of methoxy groups -OCH3 is 1. The molecule has 3 nitrogen and oxygen atoms in total. The first-order valence-corrected chi connectivity index (χ1v) is 5.82. The summed E-state index contributed by atoms with van der Waals surface area (Å²) in [5, 5.41) is 2.74. The number of hydrogen-bond acceptors (Lipinski definition) is 2. The van der Waals surface area contributed by atoms with E-state index in [2.05, 4.69) is 5.32 Å². The standard InChI is InChI=1S/C15H14FNO2/c1-10-5-3-4-6-13(10)17-15(18)12-9-11(16)7-8-14(12)19-2/h3-9H,1-2H3,(H,17,18). The van der Waals surface area contributed by atoms with Crippen molar-refractivity contribution in [3.8, 4) is 5.75 Å². The number of carbonyl (C=O) groups excluding carboxylic acids is 1. The van der Waals surface area contributed by atoms with Crippen molar-refractivity contribution in [1.29, 1.82) is 0 Å². The number of para-hydroxylation sites is 1. The van der Waals surface area contributed by atoms with E-state index in [0.29, 0.717) is 11.4 Å². The number of aryl methyl sites for hydroxylation is 1. The Kier molecular flexibility index (Phi) is 3.80. The molecule has 19 heavy (non-hydrogen) atoms. The van der Waals surface area contributed by atoms with Crippen LogP contribution < -0.4 is 10.1 Å². The van der Waals surface area contributed by atoms with Gasteiger partial charge in [0.05, 0.1) is 12.7 Å². The summed E-state index contributed by atoms with van der Waals surface area (Å²) < 4.78 is 18.3. The van der Waals surface area contributed by atoms with E-state index in [9.17, 15) is 9.18 Å². The topological polar surface area (TPSA) is 38.3 Å². The van der Waals surface area contributed by atoms with Gasteiger partial charge in [0.2, 0.25) is 0 Å². The van der Waals surface area contributed by atoms with Crippen LogP contribution in [0.5, 0.6) is 5.75 Å². The van der Waals surface area contributed by atoms with Crippen LogP contribution in [0.25, 0.3) is 0 Å². The number of carbonyl (C=O) groups is 1. The van der Waals surface area contributed by atoms with Crippen LogP contribution in [-0.2, 0) is 0 Å². The first-order chi connectivity index (χ1) is 9.11. The number of hydrogen-bond donors (Lipinski definition) is 1. The summed E-state index contributed by atoms with van der Waals surface area (Å²) >= 11 is 0. The molecule has 1 N–H and O–H groups in total. The van der Waals surface area contributed by atoms with Gasteiger partial charge < -0.3 is 10.1 Å². The van der Waals surface area contributed by atoms with Gasteiger partial charge >= 0.3 is 0 Å². The second kappa shape index (κ2) is 5.52. The van der Waals surface area contributed by atoms with Gasteiger partial charge in [0.25, 0.3) is 5.91 Å². The fraction of sp³-hybridized carbons (Fsp3) is 0.133. The maximum absolute atomic E-state index is 13.2. The van der Waals surface area contributed by atoms with E-state index in [1.54, 1.807) is 6.07 Å². The number of ether oxygens (including phenoxy) is 1. The van der Waals surface area contributed by atoms with Crippen molar-refractivity contribution >= 4 is 11.6 Å². The highest BCUT2D eigenvalue weighted by Gasteiger charge is 2.14. The van der Waals surface area contributed by atoms with Crippen LogP contribution in [0.1, 0.15) is 15.9 Å². The molecule has 1 amide bonds. The Labute approximate surface area is 111 Å². The summed E-state index contributed by atoms with van der Waals surface area (Å²) in [6.07, 6.45) is 0. The third-order valence-corrected chi connectivity index (χ3v) is 2.80. The van der Waals surface area contributed by atoms with Crippen LogP contribution in [-0.4, -0.2) is 13.0 Å². The Hall–Kier alpha value is -2.36. The lowest BCUT2D eigenvalue weighted by atomic mass is 10.1. The Morgan fingerprint density at radius 3 is 2.63 bits per heavy atom. The third-order valence-electron chi connectivity index (χ3n) is 2.80. The van der Waals surface area contributed by atoms with E-state index >= 15 is 0 Å². The van der Waals surface area contributed by atoms with Crippen molar-refractivity contribution < 1.29 is 13.9 Å². The first-order valence-electron chi connectivity index (χ1n) is 5.82. The van der Waals surface area contributed by atoms with Crippen LogP contribution in [0.15, 0.2) is 42.5 Å². The van der Waals surface area contributed by atoms with Crippen molar-refractivity contribution in [2.75, 3.05) is 12.4 Å². The van der Waals surface area contributed by atoms with Gasteiger partial charge in [0.1, 0.15) is 11.6 Å². The molecule has 98 valence electrons. The molecule has 0 aliphatic carbocycles. The molecule has 0 spiro atoms. The van der Waals surface area contributed by atoms with E-state index in [-0.39, 0.29) is 5.56 Å². The predicted octanol–water partition coefficient (Wildman–Crippen LogP) is 3.40. The highest BCUT2D eigenvalue weighted by Crippen LogP contribution is 2.21. The molecule has 0 aliphatic heterocycles. The number of rotatable bonds is 3. The lowest BCUT2D eigenvalue weighted by Gasteiger charge is -2.11. The molecular weight excluding hydrogens is 245 g/mol. The van der Waals surface area contributed by atoms with Crippen LogP contribution >= 0.6 is 0 Å². The molecule has 0 fully saturated rings. The molecule has 2 aromatic carbocycles. The number of benzene rings is 2. The van der Waals surface area contributed by atoms with Crippen LogP contribution in [0.3, 0.4) is 0 Å². The summed E-state index contributed by atoms with van der Waals surface area (Å²) in [7, 11) is 1.44. The summed E-state index contributed by atoms with van der Waals surface area (Å²) in [6.45, 7) is 1.89. The quantitative estimate of drug-likeness (QED) is 0.917. The van der Waals surface area contributed by atoms with Crippen LogP contribution in [0, 0.1) is 12.7 Å². The van der Waals surface area contributed by atoms with Gasteiger partial charge in [-0.25, -0.2) is 4.39 Å². The molecule has 2 aromatic rings. The first kappa shape index (κ1) is 13.1. The van der Waals surface area contributed by atoms with Gasteiger partial charge in [-0.1, -0.05) is 18.2 Å². The number of amides is 1. The van der Waals surface area contributed by atoms with Gasteiger partial charge in [0, 0.05) is 5.69 Å². The third kappa shape index (κ3) is 2.91. The van der Waals surface area contributed by atoms with Gasteiger partial charge in [-0.3, -0.25) is 4.79 Å². The second-order valence-electron chi connectivity index (χ2n) is 4.11. The minimum atomic E-state index is -0.476. The highest BCUT2D eigenvalue weighted by molar-refractivity contribution is 6.06. The van der Waals surface area contributed by atoms with Gasteiger partial charge in [-0.2, -0.15) is 0 Å². The highest BCUT2D eigenvalue weighted by atomic mass is 19.1. The predicted molar refractivity (Wildman–Crippen MR) is 72.1 cm³/mol. The average Bonchev–Trinajstić information content (AvgIpc) is 2.41. The molecule has 4 heteroatoms. The van der Waals surface area contributed by atoms with E-state index < -0.39 is 11.7 Å². The van der Waals surface area contributed by atoms with E-state index in [0.717, 1.165) is 11.6 Å². The van der Waals surface area contributed by atoms with E-state index in [1.165, 1.54) is 19.2 Å².